The van der Waals surface area contributed by atoms with Crippen LogP contribution >= 0.6 is 0 Å². The Balaban J connectivity index is 1.22. The second-order valence-corrected chi connectivity index (χ2v) is 8.40. The highest BCUT2D eigenvalue weighted by molar-refractivity contribution is 5.82. The lowest BCUT2D eigenvalue weighted by Crippen LogP contribution is -2.55. The average Bonchev–Trinajstić information content (AvgIpc) is 2.75. The fraction of sp³-hybridized carbons (Fsp3) is 0.636. The summed E-state index contributed by atoms with van der Waals surface area (Å²) >= 11 is 0. The Labute approximate surface area is 172 Å². The Kier molecular flexibility index (Phi) is 6.23. The summed E-state index contributed by atoms with van der Waals surface area (Å²) in [6, 6.07) is 7.72. The van der Waals surface area contributed by atoms with Gasteiger partial charge in [0.2, 0.25) is 12.0 Å². The molecule has 2 heterocycles. The maximum atomic E-state index is 12.8. The standard InChI is InChI=1S/C22H31N3O4/c1-16-6-2-3-7-17(16)23-21(26)14-24-10-12-25(13-11-24)22(27)20-15-28-18-8-4-5-9-19(18)29-20/h4-5,8-9,16-17,20H,2-3,6-7,10-15H2,1H3,(H,23,26)/t16-,17+,20+/m1/s1. The molecular weight excluding hydrogens is 370 g/mol. The minimum atomic E-state index is -0.604. The first kappa shape index (κ1) is 20.0. The summed E-state index contributed by atoms with van der Waals surface area (Å²) in [4.78, 5) is 29.2. The minimum Gasteiger partial charge on any atom is -0.485 e. The number of carbonyl (C=O) groups is 2. The second-order valence-electron chi connectivity index (χ2n) is 8.40. The number of fused-ring (bicyclic) bond motifs is 1. The van der Waals surface area contributed by atoms with E-state index in [2.05, 4.69) is 17.1 Å². The van der Waals surface area contributed by atoms with Crippen molar-refractivity contribution < 1.29 is 19.1 Å². The fourth-order valence-electron chi connectivity index (χ4n) is 4.46. The number of nitrogens with zero attached hydrogens (tertiary/aromatic N) is 2. The molecule has 2 fully saturated rings. The topological polar surface area (TPSA) is 71.1 Å². The number of para-hydroxylation sites is 2. The van der Waals surface area contributed by atoms with E-state index in [4.69, 9.17) is 9.47 Å². The zero-order valence-corrected chi connectivity index (χ0v) is 17.1. The van der Waals surface area contributed by atoms with Crippen LogP contribution in [0.25, 0.3) is 0 Å². The molecule has 3 aliphatic rings. The molecule has 1 N–H and O–H groups in total. The SMILES string of the molecule is C[C@@H]1CCCC[C@@H]1NC(=O)CN1CCN(C(=O)[C@@H]2COc3ccccc3O2)CC1. The van der Waals surface area contributed by atoms with Crippen molar-refractivity contribution in [2.75, 3.05) is 39.3 Å². The van der Waals surface area contributed by atoms with E-state index in [0.717, 1.165) is 6.42 Å². The largest absolute Gasteiger partial charge is 0.485 e. The van der Waals surface area contributed by atoms with Gasteiger partial charge in [-0.15, -0.1) is 0 Å². The van der Waals surface area contributed by atoms with E-state index < -0.39 is 6.10 Å². The molecule has 1 aromatic rings. The van der Waals surface area contributed by atoms with Crippen molar-refractivity contribution in [1.82, 2.24) is 15.1 Å². The molecule has 7 heteroatoms. The number of hydrogen-bond donors (Lipinski definition) is 1. The van der Waals surface area contributed by atoms with Gasteiger partial charge in [-0.2, -0.15) is 0 Å². The molecule has 158 valence electrons. The third kappa shape index (κ3) is 4.83. The van der Waals surface area contributed by atoms with E-state index in [1.165, 1.54) is 19.3 Å². The Morgan fingerprint density at radius 1 is 1.07 bits per heavy atom. The minimum absolute atomic E-state index is 0.0420. The Bertz CT molecular complexity index is 733. The van der Waals surface area contributed by atoms with Crippen LogP contribution in [0.5, 0.6) is 11.5 Å². The van der Waals surface area contributed by atoms with Crippen LogP contribution in [0.4, 0.5) is 0 Å². The normalized spacial score (nSPS) is 27.3. The molecule has 1 saturated heterocycles. The van der Waals surface area contributed by atoms with Crippen LogP contribution in [-0.2, 0) is 9.59 Å². The fourth-order valence-corrected chi connectivity index (χ4v) is 4.46. The Hall–Kier alpha value is -2.28. The van der Waals surface area contributed by atoms with Crippen molar-refractivity contribution in [3.63, 3.8) is 0 Å². The third-order valence-corrected chi connectivity index (χ3v) is 6.29. The van der Waals surface area contributed by atoms with Crippen LogP contribution < -0.4 is 14.8 Å². The van der Waals surface area contributed by atoms with Crippen molar-refractivity contribution in [3.8, 4) is 11.5 Å². The first-order valence-electron chi connectivity index (χ1n) is 10.8. The van der Waals surface area contributed by atoms with Crippen molar-refractivity contribution in [2.45, 2.75) is 44.8 Å². The highest BCUT2D eigenvalue weighted by Crippen LogP contribution is 2.31. The molecule has 0 unspecified atom stereocenters. The third-order valence-electron chi connectivity index (χ3n) is 6.29. The van der Waals surface area contributed by atoms with Gasteiger partial charge in [-0.25, -0.2) is 0 Å². The van der Waals surface area contributed by atoms with Gasteiger partial charge in [-0.05, 0) is 30.9 Å². The summed E-state index contributed by atoms with van der Waals surface area (Å²) in [5.41, 5.74) is 0. The predicted molar refractivity (Wildman–Crippen MR) is 109 cm³/mol. The van der Waals surface area contributed by atoms with Crippen molar-refractivity contribution in [3.05, 3.63) is 24.3 Å². The number of nitrogens with one attached hydrogen (secondary N) is 1. The lowest BCUT2D eigenvalue weighted by atomic mass is 9.86. The molecule has 1 aromatic carbocycles. The molecule has 2 aliphatic heterocycles. The summed E-state index contributed by atoms with van der Waals surface area (Å²) in [7, 11) is 0. The number of benzene rings is 1. The van der Waals surface area contributed by atoms with Gasteiger partial charge < -0.3 is 19.7 Å². The van der Waals surface area contributed by atoms with Crippen LogP contribution in [-0.4, -0.2) is 73.1 Å². The molecule has 0 spiro atoms. The summed E-state index contributed by atoms with van der Waals surface area (Å²) in [6.07, 6.45) is 4.15. The summed E-state index contributed by atoms with van der Waals surface area (Å²) in [5.74, 6) is 1.91. The van der Waals surface area contributed by atoms with Gasteiger partial charge in [0.25, 0.3) is 5.91 Å². The summed E-state index contributed by atoms with van der Waals surface area (Å²) < 4.78 is 11.5. The summed E-state index contributed by atoms with van der Waals surface area (Å²) in [6.45, 7) is 5.47. The Morgan fingerprint density at radius 3 is 2.55 bits per heavy atom. The molecule has 2 amide bonds. The van der Waals surface area contributed by atoms with E-state index in [1.807, 2.05) is 29.2 Å². The highest BCUT2D eigenvalue weighted by atomic mass is 16.6. The van der Waals surface area contributed by atoms with Crippen LogP contribution in [0.2, 0.25) is 0 Å². The smallest absolute Gasteiger partial charge is 0.267 e. The maximum Gasteiger partial charge on any atom is 0.267 e. The molecular formula is C22H31N3O4. The molecule has 0 bridgehead atoms. The van der Waals surface area contributed by atoms with Gasteiger partial charge in [0.1, 0.15) is 6.61 Å². The highest BCUT2D eigenvalue weighted by Gasteiger charge is 2.33. The number of piperazine rings is 1. The van der Waals surface area contributed by atoms with Crippen LogP contribution in [0.1, 0.15) is 32.6 Å². The maximum absolute atomic E-state index is 12.8. The van der Waals surface area contributed by atoms with E-state index in [9.17, 15) is 9.59 Å². The van der Waals surface area contributed by atoms with Crippen LogP contribution in [0.15, 0.2) is 24.3 Å². The van der Waals surface area contributed by atoms with Crippen LogP contribution in [0, 0.1) is 5.92 Å². The van der Waals surface area contributed by atoms with Gasteiger partial charge in [-0.3, -0.25) is 14.5 Å². The van der Waals surface area contributed by atoms with Gasteiger partial charge in [0.05, 0.1) is 6.54 Å². The van der Waals surface area contributed by atoms with E-state index in [-0.39, 0.29) is 18.4 Å². The van der Waals surface area contributed by atoms with Gasteiger partial charge in [0.15, 0.2) is 11.5 Å². The average molecular weight is 402 g/mol. The van der Waals surface area contributed by atoms with Crippen molar-refractivity contribution >= 4 is 11.8 Å². The van der Waals surface area contributed by atoms with Gasteiger partial charge in [-0.1, -0.05) is 31.9 Å². The molecule has 0 radical (unpaired) electrons. The first-order valence-corrected chi connectivity index (χ1v) is 10.8. The number of hydrogen-bond acceptors (Lipinski definition) is 5. The lowest BCUT2D eigenvalue weighted by Gasteiger charge is -2.37. The molecule has 4 rings (SSSR count). The van der Waals surface area contributed by atoms with Gasteiger partial charge in [0, 0.05) is 32.2 Å². The van der Waals surface area contributed by atoms with E-state index in [0.29, 0.717) is 56.2 Å². The lowest BCUT2D eigenvalue weighted by molar-refractivity contribution is -0.143. The van der Waals surface area contributed by atoms with E-state index in [1.54, 1.807) is 0 Å². The summed E-state index contributed by atoms with van der Waals surface area (Å²) in [5, 5.41) is 3.21. The number of rotatable bonds is 4. The molecule has 29 heavy (non-hydrogen) atoms. The zero-order valence-electron chi connectivity index (χ0n) is 17.1. The molecule has 0 aromatic heterocycles. The number of ether oxygens (including phenoxy) is 2. The zero-order chi connectivity index (χ0) is 20.2. The van der Waals surface area contributed by atoms with Crippen molar-refractivity contribution in [2.24, 2.45) is 5.92 Å². The predicted octanol–water partition coefficient (Wildman–Crippen LogP) is 1.67. The van der Waals surface area contributed by atoms with Crippen LogP contribution in [0.3, 0.4) is 0 Å². The molecule has 7 nitrogen and oxygen atoms in total. The molecule has 1 saturated carbocycles. The molecule has 3 atom stereocenters. The quantitative estimate of drug-likeness (QED) is 0.831. The monoisotopic (exact) mass is 401 g/mol. The number of amides is 2. The Morgan fingerprint density at radius 2 is 1.79 bits per heavy atom. The van der Waals surface area contributed by atoms with Gasteiger partial charge >= 0.3 is 0 Å². The van der Waals surface area contributed by atoms with Crippen molar-refractivity contribution in [1.29, 1.82) is 0 Å². The number of carbonyl (C=O) groups excluding carboxylic acids is 2. The second kappa shape index (κ2) is 9.03. The first-order chi connectivity index (χ1) is 14.1. The van der Waals surface area contributed by atoms with E-state index >= 15 is 0 Å². The molecule has 1 aliphatic carbocycles.